The summed E-state index contributed by atoms with van der Waals surface area (Å²) in [5.41, 5.74) is 2.99. The Kier molecular flexibility index (Phi) is 6.99. The van der Waals surface area contributed by atoms with Gasteiger partial charge in [-0.1, -0.05) is 71.7 Å². The smallest absolute Gasteiger partial charge is 0.166 e. The molecule has 0 saturated carbocycles. The quantitative estimate of drug-likeness (QED) is 0.511. The van der Waals surface area contributed by atoms with Gasteiger partial charge in [-0.05, 0) is 23.8 Å². The fourth-order valence-corrected chi connectivity index (χ4v) is 3.16. The number of methoxy groups -OCH3 is 1. The largest absolute Gasteiger partial charge is 0.493 e. The maximum absolute atomic E-state index is 6.23. The summed E-state index contributed by atoms with van der Waals surface area (Å²) in [6, 6.07) is 21.3. The molecular weight excluding hydrogens is 381 g/mol. The Morgan fingerprint density at radius 2 is 1.33 bits per heavy atom. The molecule has 0 radical (unpaired) electrons. The number of nitrogens with one attached hydrogen (secondary N) is 1. The number of halogens is 2. The SMILES string of the molecule is COc1cccc(CNCc2ccccc2Cl)c1OCc1ccccc1Cl. The molecule has 0 atom stereocenters. The molecule has 0 aliphatic carbocycles. The summed E-state index contributed by atoms with van der Waals surface area (Å²) >= 11 is 12.5. The van der Waals surface area contributed by atoms with Crippen molar-refractivity contribution in [2.24, 2.45) is 0 Å². The Hall–Kier alpha value is -2.20. The van der Waals surface area contributed by atoms with E-state index in [1.54, 1.807) is 7.11 Å². The number of para-hydroxylation sites is 1. The maximum atomic E-state index is 6.23. The van der Waals surface area contributed by atoms with Crippen molar-refractivity contribution >= 4 is 23.2 Å². The van der Waals surface area contributed by atoms with Crippen molar-refractivity contribution in [3.63, 3.8) is 0 Å². The first-order valence-corrected chi connectivity index (χ1v) is 9.41. The lowest BCUT2D eigenvalue weighted by Crippen LogP contribution is -2.14. The van der Waals surface area contributed by atoms with E-state index >= 15 is 0 Å². The van der Waals surface area contributed by atoms with Gasteiger partial charge in [0.15, 0.2) is 11.5 Å². The van der Waals surface area contributed by atoms with Gasteiger partial charge in [0, 0.05) is 34.3 Å². The minimum absolute atomic E-state index is 0.373. The van der Waals surface area contributed by atoms with Gasteiger partial charge in [0.1, 0.15) is 6.61 Å². The van der Waals surface area contributed by atoms with Crippen molar-refractivity contribution in [3.05, 3.63) is 93.5 Å². The molecule has 0 aliphatic heterocycles. The molecule has 0 heterocycles. The highest BCUT2D eigenvalue weighted by Crippen LogP contribution is 2.32. The average molecular weight is 402 g/mol. The summed E-state index contributed by atoms with van der Waals surface area (Å²) in [7, 11) is 1.64. The van der Waals surface area contributed by atoms with E-state index in [1.165, 1.54) is 0 Å². The van der Waals surface area contributed by atoms with Crippen molar-refractivity contribution in [2.75, 3.05) is 7.11 Å². The molecule has 3 aromatic carbocycles. The molecule has 0 saturated heterocycles. The summed E-state index contributed by atoms with van der Waals surface area (Å²) in [6.45, 7) is 1.67. The van der Waals surface area contributed by atoms with Gasteiger partial charge in [-0.3, -0.25) is 0 Å². The van der Waals surface area contributed by atoms with Crippen LogP contribution in [0.5, 0.6) is 11.5 Å². The molecule has 3 aromatic rings. The third-order valence-electron chi connectivity index (χ3n) is 4.20. The second-order valence-electron chi connectivity index (χ2n) is 6.02. The third-order valence-corrected chi connectivity index (χ3v) is 4.94. The molecule has 0 spiro atoms. The zero-order chi connectivity index (χ0) is 19.1. The molecule has 0 aromatic heterocycles. The summed E-state index contributed by atoms with van der Waals surface area (Å²) in [4.78, 5) is 0. The normalized spacial score (nSPS) is 10.6. The van der Waals surface area contributed by atoms with Crippen LogP contribution in [-0.4, -0.2) is 7.11 Å². The van der Waals surface area contributed by atoms with Gasteiger partial charge in [0.2, 0.25) is 0 Å². The highest BCUT2D eigenvalue weighted by atomic mass is 35.5. The molecule has 3 rings (SSSR count). The lowest BCUT2D eigenvalue weighted by molar-refractivity contribution is 0.280. The van der Waals surface area contributed by atoms with Gasteiger partial charge >= 0.3 is 0 Å². The first-order chi connectivity index (χ1) is 13.2. The van der Waals surface area contributed by atoms with Crippen molar-refractivity contribution in [2.45, 2.75) is 19.7 Å². The molecule has 5 heteroatoms. The van der Waals surface area contributed by atoms with Gasteiger partial charge in [-0.15, -0.1) is 0 Å². The molecule has 1 N–H and O–H groups in total. The number of benzene rings is 3. The van der Waals surface area contributed by atoms with E-state index in [1.807, 2.05) is 66.7 Å². The molecule has 0 amide bonds. The Bertz CT molecular complexity index is 899. The van der Waals surface area contributed by atoms with Crippen molar-refractivity contribution in [3.8, 4) is 11.5 Å². The van der Waals surface area contributed by atoms with Crippen LogP contribution in [0, 0.1) is 0 Å². The van der Waals surface area contributed by atoms with Gasteiger partial charge in [-0.25, -0.2) is 0 Å². The van der Waals surface area contributed by atoms with Crippen LogP contribution in [0.1, 0.15) is 16.7 Å². The fourth-order valence-electron chi connectivity index (χ4n) is 2.76. The van der Waals surface area contributed by atoms with E-state index in [4.69, 9.17) is 32.7 Å². The van der Waals surface area contributed by atoms with E-state index in [0.717, 1.165) is 21.7 Å². The minimum Gasteiger partial charge on any atom is -0.493 e. The van der Waals surface area contributed by atoms with Crippen LogP contribution in [0.15, 0.2) is 66.7 Å². The van der Waals surface area contributed by atoms with E-state index in [0.29, 0.717) is 36.2 Å². The van der Waals surface area contributed by atoms with Gasteiger partial charge < -0.3 is 14.8 Å². The molecule has 27 heavy (non-hydrogen) atoms. The summed E-state index contributed by atoms with van der Waals surface area (Å²) in [5, 5.41) is 4.86. The Morgan fingerprint density at radius 1 is 0.741 bits per heavy atom. The van der Waals surface area contributed by atoms with Gasteiger partial charge in [0.25, 0.3) is 0 Å². The lowest BCUT2D eigenvalue weighted by Gasteiger charge is -2.16. The highest BCUT2D eigenvalue weighted by molar-refractivity contribution is 6.31. The standard InChI is InChI=1S/C22H21Cl2NO2/c1-26-21-12-6-9-17(14-25-13-16-7-2-4-10-19(16)23)22(21)27-15-18-8-3-5-11-20(18)24/h2-12,25H,13-15H2,1H3. The van der Waals surface area contributed by atoms with Crippen molar-refractivity contribution in [1.29, 1.82) is 0 Å². The zero-order valence-corrected chi connectivity index (χ0v) is 16.6. The van der Waals surface area contributed by atoms with Crippen LogP contribution < -0.4 is 14.8 Å². The van der Waals surface area contributed by atoms with Gasteiger partial charge in [0.05, 0.1) is 7.11 Å². The van der Waals surface area contributed by atoms with Crippen LogP contribution in [0.3, 0.4) is 0 Å². The lowest BCUT2D eigenvalue weighted by atomic mass is 10.1. The topological polar surface area (TPSA) is 30.5 Å². The van der Waals surface area contributed by atoms with Crippen LogP contribution in [0.4, 0.5) is 0 Å². The second-order valence-corrected chi connectivity index (χ2v) is 6.84. The molecule has 3 nitrogen and oxygen atoms in total. The summed E-state index contributed by atoms with van der Waals surface area (Å²) < 4.78 is 11.6. The first-order valence-electron chi connectivity index (χ1n) is 8.65. The predicted octanol–water partition coefficient (Wildman–Crippen LogP) is 5.87. The van der Waals surface area contributed by atoms with Crippen LogP contribution in [0.2, 0.25) is 10.0 Å². The van der Waals surface area contributed by atoms with Crippen molar-refractivity contribution < 1.29 is 9.47 Å². The first kappa shape index (κ1) is 19.6. The third kappa shape index (κ3) is 5.16. The zero-order valence-electron chi connectivity index (χ0n) is 15.0. The molecule has 0 fully saturated rings. The summed E-state index contributed by atoms with van der Waals surface area (Å²) in [5.74, 6) is 1.41. The van der Waals surface area contributed by atoms with E-state index in [9.17, 15) is 0 Å². The molecule has 0 unspecified atom stereocenters. The fraction of sp³-hybridized carbons (Fsp3) is 0.182. The average Bonchev–Trinajstić information content (AvgIpc) is 2.69. The monoisotopic (exact) mass is 401 g/mol. The Labute approximate surface area is 169 Å². The van der Waals surface area contributed by atoms with Crippen molar-refractivity contribution in [1.82, 2.24) is 5.32 Å². The molecule has 0 aliphatic rings. The molecular formula is C22H21Cl2NO2. The maximum Gasteiger partial charge on any atom is 0.166 e. The minimum atomic E-state index is 0.373. The Morgan fingerprint density at radius 3 is 2.00 bits per heavy atom. The molecule has 140 valence electrons. The summed E-state index contributed by atoms with van der Waals surface area (Å²) in [6.07, 6.45) is 0. The Balaban J connectivity index is 1.71. The van der Waals surface area contributed by atoms with Crippen LogP contribution in [-0.2, 0) is 19.7 Å². The number of ether oxygens (including phenoxy) is 2. The van der Waals surface area contributed by atoms with E-state index in [2.05, 4.69) is 5.32 Å². The molecule has 0 bridgehead atoms. The van der Waals surface area contributed by atoms with Crippen LogP contribution >= 0.6 is 23.2 Å². The predicted molar refractivity (Wildman–Crippen MR) is 111 cm³/mol. The van der Waals surface area contributed by atoms with E-state index < -0.39 is 0 Å². The highest BCUT2D eigenvalue weighted by Gasteiger charge is 2.12. The number of rotatable bonds is 8. The number of hydrogen-bond donors (Lipinski definition) is 1. The van der Waals surface area contributed by atoms with Crippen LogP contribution in [0.25, 0.3) is 0 Å². The second kappa shape index (κ2) is 9.65. The van der Waals surface area contributed by atoms with E-state index in [-0.39, 0.29) is 0 Å². The number of hydrogen-bond acceptors (Lipinski definition) is 3. The van der Waals surface area contributed by atoms with Gasteiger partial charge in [-0.2, -0.15) is 0 Å².